The van der Waals surface area contributed by atoms with Crippen molar-refractivity contribution in [1.29, 1.82) is 0 Å². The molecular formula is C13H17ClN2O3S. The van der Waals surface area contributed by atoms with Crippen molar-refractivity contribution >= 4 is 25.6 Å². The average Bonchev–Trinajstić information content (AvgIpc) is 3.22. The Morgan fingerprint density at radius 1 is 1.35 bits per heavy atom. The van der Waals surface area contributed by atoms with Crippen LogP contribution in [-0.4, -0.2) is 24.9 Å². The topological polar surface area (TPSA) is 68.2 Å². The van der Waals surface area contributed by atoms with Crippen LogP contribution in [0.25, 0.3) is 0 Å². The van der Waals surface area contributed by atoms with Gasteiger partial charge in [-0.05, 0) is 43.6 Å². The molecule has 1 N–H and O–H groups in total. The summed E-state index contributed by atoms with van der Waals surface area (Å²) in [6.07, 6.45) is 6.07. The van der Waals surface area contributed by atoms with Crippen LogP contribution in [0.4, 0.5) is 0 Å². The molecule has 0 atom stereocenters. The Hall–Kier alpha value is -1.01. The number of rotatable bonds is 5. The summed E-state index contributed by atoms with van der Waals surface area (Å²) in [4.78, 5) is 12.3. The second-order valence-corrected chi connectivity index (χ2v) is 8.35. The van der Waals surface area contributed by atoms with Crippen molar-refractivity contribution in [2.75, 3.05) is 0 Å². The van der Waals surface area contributed by atoms with Crippen LogP contribution < -0.4 is 5.32 Å². The molecule has 2 fully saturated rings. The van der Waals surface area contributed by atoms with Gasteiger partial charge in [-0.25, -0.2) is 8.42 Å². The normalized spacial score (nSPS) is 19.4. The first-order valence-electron chi connectivity index (χ1n) is 6.78. The van der Waals surface area contributed by atoms with Crippen LogP contribution in [0.5, 0.6) is 0 Å². The molecule has 2 aliphatic carbocycles. The van der Waals surface area contributed by atoms with Crippen LogP contribution in [0.1, 0.15) is 36.2 Å². The molecule has 0 aliphatic heterocycles. The lowest BCUT2D eigenvalue weighted by Crippen LogP contribution is -2.38. The van der Waals surface area contributed by atoms with Crippen molar-refractivity contribution in [3.8, 4) is 0 Å². The molecule has 2 saturated carbocycles. The lowest BCUT2D eigenvalue weighted by molar-refractivity contribution is 0.0918. The highest BCUT2D eigenvalue weighted by atomic mass is 35.7. The Bertz CT molecular complexity index is 633. The van der Waals surface area contributed by atoms with E-state index >= 15 is 0 Å². The van der Waals surface area contributed by atoms with Gasteiger partial charge in [-0.2, -0.15) is 0 Å². The van der Waals surface area contributed by atoms with Gasteiger partial charge >= 0.3 is 0 Å². The SMILES string of the molecule is Cn1cc(S(=O)(=O)Cl)cc1C(=O)NC(C1CC1)C1CC1. The lowest BCUT2D eigenvalue weighted by Gasteiger charge is -2.17. The number of amides is 1. The zero-order valence-corrected chi connectivity index (χ0v) is 12.7. The Morgan fingerprint density at radius 2 is 1.90 bits per heavy atom. The Labute approximate surface area is 122 Å². The minimum Gasteiger partial charge on any atom is -0.347 e. The number of halogens is 1. The van der Waals surface area contributed by atoms with E-state index in [9.17, 15) is 13.2 Å². The maximum Gasteiger partial charge on any atom is 0.268 e. The summed E-state index contributed by atoms with van der Waals surface area (Å²) in [5.41, 5.74) is 0.329. The quantitative estimate of drug-likeness (QED) is 0.843. The van der Waals surface area contributed by atoms with Crippen molar-refractivity contribution in [2.24, 2.45) is 18.9 Å². The Kier molecular flexibility index (Phi) is 3.33. The van der Waals surface area contributed by atoms with Gasteiger partial charge in [-0.1, -0.05) is 0 Å². The second kappa shape index (κ2) is 4.77. The zero-order valence-electron chi connectivity index (χ0n) is 11.2. The Morgan fingerprint density at radius 3 is 2.30 bits per heavy atom. The largest absolute Gasteiger partial charge is 0.347 e. The van der Waals surface area contributed by atoms with E-state index in [-0.39, 0.29) is 16.8 Å². The summed E-state index contributed by atoms with van der Waals surface area (Å²) in [5, 5.41) is 3.07. The molecule has 1 amide bonds. The van der Waals surface area contributed by atoms with Crippen LogP contribution in [0, 0.1) is 11.8 Å². The van der Waals surface area contributed by atoms with Crippen LogP contribution in [0.15, 0.2) is 17.2 Å². The number of hydrogen-bond donors (Lipinski definition) is 1. The minimum atomic E-state index is -3.80. The maximum atomic E-state index is 12.3. The van der Waals surface area contributed by atoms with Gasteiger partial charge in [-0.3, -0.25) is 4.79 Å². The summed E-state index contributed by atoms with van der Waals surface area (Å²) < 4.78 is 24.1. The van der Waals surface area contributed by atoms with E-state index in [1.54, 1.807) is 7.05 Å². The molecule has 2 aliphatic rings. The van der Waals surface area contributed by atoms with E-state index in [4.69, 9.17) is 10.7 Å². The molecule has 0 radical (unpaired) electrons. The van der Waals surface area contributed by atoms with Gasteiger partial charge in [0.25, 0.3) is 15.0 Å². The van der Waals surface area contributed by atoms with E-state index < -0.39 is 9.05 Å². The molecule has 110 valence electrons. The molecule has 0 unspecified atom stereocenters. The molecular weight excluding hydrogens is 300 g/mol. The first-order valence-corrected chi connectivity index (χ1v) is 9.09. The fourth-order valence-corrected chi connectivity index (χ4v) is 3.44. The highest BCUT2D eigenvalue weighted by Gasteiger charge is 2.42. The molecule has 0 spiro atoms. The third-order valence-corrected chi connectivity index (χ3v) is 5.37. The molecule has 0 aromatic carbocycles. The van der Waals surface area contributed by atoms with Crippen molar-refractivity contribution in [1.82, 2.24) is 9.88 Å². The van der Waals surface area contributed by atoms with Crippen molar-refractivity contribution in [3.63, 3.8) is 0 Å². The summed E-state index contributed by atoms with van der Waals surface area (Å²) in [6.45, 7) is 0. The van der Waals surface area contributed by atoms with Gasteiger partial charge in [0.1, 0.15) is 10.6 Å². The third kappa shape index (κ3) is 2.86. The van der Waals surface area contributed by atoms with E-state index in [0.717, 1.165) is 0 Å². The Balaban J connectivity index is 1.78. The molecule has 5 nitrogen and oxygen atoms in total. The maximum absolute atomic E-state index is 12.3. The number of aryl methyl sites for hydroxylation is 1. The number of nitrogens with zero attached hydrogens (tertiary/aromatic N) is 1. The average molecular weight is 317 g/mol. The first kappa shape index (κ1) is 13.9. The monoisotopic (exact) mass is 316 g/mol. The van der Waals surface area contributed by atoms with Crippen LogP contribution >= 0.6 is 10.7 Å². The summed E-state index contributed by atoms with van der Waals surface area (Å²) in [5.74, 6) is 0.980. The van der Waals surface area contributed by atoms with Gasteiger partial charge in [0.2, 0.25) is 0 Å². The van der Waals surface area contributed by atoms with E-state index in [0.29, 0.717) is 17.5 Å². The lowest BCUT2D eigenvalue weighted by atomic mass is 10.1. The van der Waals surface area contributed by atoms with E-state index in [2.05, 4.69) is 5.32 Å². The highest BCUT2D eigenvalue weighted by Crippen LogP contribution is 2.44. The second-order valence-electron chi connectivity index (χ2n) is 5.78. The number of nitrogens with one attached hydrogen (secondary N) is 1. The van der Waals surface area contributed by atoms with Gasteiger partial charge in [0.05, 0.1) is 0 Å². The van der Waals surface area contributed by atoms with Crippen LogP contribution in [-0.2, 0) is 16.1 Å². The van der Waals surface area contributed by atoms with Gasteiger partial charge in [0, 0.05) is 30.0 Å². The summed E-state index contributed by atoms with van der Waals surface area (Å²) in [7, 11) is 3.14. The van der Waals surface area contributed by atoms with Crippen molar-refractivity contribution in [3.05, 3.63) is 18.0 Å². The number of hydrogen-bond acceptors (Lipinski definition) is 3. The first-order chi connectivity index (χ1) is 9.36. The fraction of sp³-hybridized carbons (Fsp3) is 0.615. The highest BCUT2D eigenvalue weighted by molar-refractivity contribution is 8.13. The number of carbonyl (C=O) groups is 1. The molecule has 1 aromatic heterocycles. The summed E-state index contributed by atoms with van der Waals surface area (Å²) in [6, 6.07) is 1.57. The van der Waals surface area contributed by atoms with Crippen LogP contribution in [0.3, 0.4) is 0 Å². The molecule has 20 heavy (non-hydrogen) atoms. The standard InChI is InChI=1S/C13H17ClN2O3S/c1-16-7-10(20(14,18)19)6-11(16)13(17)15-12(8-2-3-8)9-4-5-9/h6-9,12H,2-5H2,1H3,(H,15,17). The van der Waals surface area contributed by atoms with Crippen molar-refractivity contribution in [2.45, 2.75) is 36.6 Å². The molecule has 1 heterocycles. The van der Waals surface area contributed by atoms with Gasteiger partial charge in [0.15, 0.2) is 0 Å². The molecule has 0 bridgehead atoms. The van der Waals surface area contributed by atoms with E-state index in [1.807, 2.05) is 0 Å². The van der Waals surface area contributed by atoms with Crippen LogP contribution in [0.2, 0.25) is 0 Å². The smallest absolute Gasteiger partial charge is 0.268 e. The molecule has 1 aromatic rings. The zero-order chi connectivity index (χ0) is 14.5. The predicted octanol–water partition coefficient (Wildman–Crippen LogP) is 1.87. The minimum absolute atomic E-state index is 0.0405. The fourth-order valence-electron chi connectivity index (χ4n) is 2.65. The van der Waals surface area contributed by atoms with Gasteiger partial charge in [-0.15, -0.1) is 0 Å². The molecule has 0 saturated heterocycles. The van der Waals surface area contributed by atoms with Gasteiger partial charge < -0.3 is 9.88 Å². The summed E-state index contributed by atoms with van der Waals surface area (Å²) >= 11 is 0. The van der Waals surface area contributed by atoms with E-state index in [1.165, 1.54) is 42.5 Å². The molecule has 7 heteroatoms. The van der Waals surface area contributed by atoms with Crippen molar-refractivity contribution < 1.29 is 13.2 Å². The number of carbonyl (C=O) groups excluding carboxylic acids is 1. The molecule has 3 rings (SSSR count). The predicted molar refractivity (Wildman–Crippen MR) is 75.2 cm³/mol. The third-order valence-electron chi connectivity index (χ3n) is 4.05. The number of aromatic nitrogens is 1.